The second kappa shape index (κ2) is 10.1. The summed E-state index contributed by atoms with van der Waals surface area (Å²) >= 11 is 6.28. The topological polar surface area (TPSA) is 51.7 Å². The Labute approximate surface area is 217 Å². The van der Waals surface area contributed by atoms with Crippen molar-refractivity contribution >= 4 is 34.7 Å². The number of aromatic nitrogens is 1. The summed E-state index contributed by atoms with van der Waals surface area (Å²) in [6.07, 6.45) is -3.36. The zero-order valence-electron chi connectivity index (χ0n) is 20.0. The van der Waals surface area contributed by atoms with Crippen LogP contribution in [0.15, 0.2) is 72.8 Å². The number of piperazine rings is 1. The molecule has 5 rings (SSSR count). The molecule has 1 unspecified atom stereocenters. The van der Waals surface area contributed by atoms with Gasteiger partial charge in [0, 0.05) is 37.4 Å². The zero-order chi connectivity index (χ0) is 26.2. The average molecular weight is 528 g/mol. The molecule has 2 aromatic carbocycles. The molecule has 0 radical (unpaired) electrons. The monoisotopic (exact) mass is 527 g/mol. The van der Waals surface area contributed by atoms with Crippen LogP contribution in [0.4, 0.5) is 24.7 Å². The molecule has 0 bridgehead atoms. The van der Waals surface area contributed by atoms with Gasteiger partial charge in [-0.2, -0.15) is 13.2 Å². The molecule has 10 heteroatoms. The van der Waals surface area contributed by atoms with E-state index < -0.39 is 12.2 Å². The third kappa shape index (κ3) is 5.28. The fraction of sp³-hybridized carbons (Fsp3) is 0.259. The van der Waals surface area contributed by atoms with Crippen molar-refractivity contribution in [3.8, 4) is 0 Å². The number of aryl methyl sites for hydroxylation is 1. The molecular formula is C27H25ClF3N5O. The number of benzene rings is 2. The summed E-state index contributed by atoms with van der Waals surface area (Å²) in [6, 6.07) is 17.3. The minimum absolute atomic E-state index is 0.113. The maximum atomic E-state index is 13.5. The lowest BCUT2D eigenvalue weighted by atomic mass is 10.1. The third-order valence-electron chi connectivity index (χ3n) is 6.47. The summed E-state index contributed by atoms with van der Waals surface area (Å²) in [4.78, 5) is 21.6. The molecule has 37 heavy (non-hydrogen) atoms. The Balaban J connectivity index is 1.32. The van der Waals surface area contributed by atoms with Crippen LogP contribution < -0.4 is 15.3 Å². The van der Waals surface area contributed by atoms with Crippen molar-refractivity contribution in [3.63, 3.8) is 0 Å². The van der Waals surface area contributed by atoms with Crippen molar-refractivity contribution in [2.24, 2.45) is 0 Å². The number of hydrazine groups is 1. The Hall–Kier alpha value is -3.56. The lowest BCUT2D eigenvalue weighted by Crippen LogP contribution is -2.49. The van der Waals surface area contributed by atoms with Crippen LogP contribution in [0.1, 0.15) is 21.6 Å². The molecule has 1 fully saturated rings. The number of rotatable bonds is 4. The van der Waals surface area contributed by atoms with Crippen molar-refractivity contribution in [2.75, 3.05) is 36.1 Å². The molecule has 2 aliphatic heterocycles. The van der Waals surface area contributed by atoms with Crippen LogP contribution in [0, 0.1) is 6.92 Å². The number of carbonyl (C=O) groups is 1. The Kier molecular flexibility index (Phi) is 6.83. The maximum absolute atomic E-state index is 13.5. The Morgan fingerprint density at radius 2 is 1.68 bits per heavy atom. The average Bonchev–Trinajstić information content (AvgIpc) is 3.35. The smallest absolute Gasteiger partial charge is 0.353 e. The van der Waals surface area contributed by atoms with E-state index in [1.165, 1.54) is 5.01 Å². The van der Waals surface area contributed by atoms with Crippen molar-refractivity contribution < 1.29 is 18.0 Å². The van der Waals surface area contributed by atoms with Crippen LogP contribution in [-0.4, -0.2) is 54.2 Å². The van der Waals surface area contributed by atoms with Gasteiger partial charge in [0.25, 0.3) is 5.91 Å². The standard InChI is InChI=1S/C27H25ClF3N5O/c1-18-5-4-8-25(32-18)34-13-15-35(16-14-34)26(37)20-11-9-19(10-12-20)23-17-24(27(29,30)31)33-36(23)22-7-3-2-6-21(22)28/h2-12,17,24,33H,13-16H2,1H3. The first-order valence-corrected chi connectivity index (χ1v) is 12.3. The first kappa shape index (κ1) is 25.1. The molecule has 3 heterocycles. The molecule has 1 saturated heterocycles. The predicted molar refractivity (Wildman–Crippen MR) is 138 cm³/mol. The van der Waals surface area contributed by atoms with Crippen LogP contribution in [0.3, 0.4) is 0 Å². The van der Waals surface area contributed by atoms with E-state index in [2.05, 4.69) is 15.3 Å². The maximum Gasteiger partial charge on any atom is 0.409 e. The van der Waals surface area contributed by atoms with Crippen LogP contribution in [0.5, 0.6) is 0 Å². The lowest BCUT2D eigenvalue weighted by molar-refractivity contribution is -0.142. The minimum atomic E-state index is -4.48. The van der Waals surface area contributed by atoms with Crippen molar-refractivity contribution in [3.05, 3.63) is 94.6 Å². The zero-order valence-corrected chi connectivity index (χ0v) is 20.8. The predicted octanol–water partition coefficient (Wildman–Crippen LogP) is 5.30. The molecule has 192 valence electrons. The fourth-order valence-corrected chi connectivity index (χ4v) is 4.73. The van der Waals surface area contributed by atoms with Gasteiger partial charge >= 0.3 is 6.18 Å². The normalized spacial score (nSPS) is 18.2. The summed E-state index contributed by atoms with van der Waals surface area (Å²) in [5.74, 6) is 0.785. The summed E-state index contributed by atoms with van der Waals surface area (Å²) in [5, 5.41) is 1.66. The van der Waals surface area contributed by atoms with Gasteiger partial charge in [0.2, 0.25) is 0 Å². The fourth-order valence-electron chi connectivity index (χ4n) is 4.51. The molecule has 1 amide bonds. The quantitative estimate of drug-likeness (QED) is 0.499. The molecule has 3 aromatic rings. The SMILES string of the molecule is Cc1cccc(N2CCN(C(=O)c3ccc(C4=CC(C(F)(F)F)NN4c4ccccc4Cl)cc3)CC2)n1. The second-order valence-electron chi connectivity index (χ2n) is 8.98. The molecule has 1 aromatic heterocycles. The van der Waals surface area contributed by atoms with E-state index in [4.69, 9.17) is 11.6 Å². The molecule has 0 spiro atoms. The van der Waals surface area contributed by atoms with Crippen LogP contribution in [-0.2, 0) is 0 Å². The van der Waals surface area contributed by atoms with E-state index in [9.17, 15) is 18.0 Å². The number of halogens is 4. The highest BCUT2D eigenvalue weighted by Gasteiger charge is 2.44. The number of para-hydroxylation sites is 1. The van der Waals surface area contributed by atoms with E-state index in [-0.39, 0.29) is 5.91 Å². The number of amides is 1. The van der Waals surface area contributed by atoms with E-state index in [1.54, 1.807) is 53.4 Å². The number of hydrogen-bond donors (Lipinski definition) is 1. The number of alkyl halides is 3. The van der Waals surface area contributed by atoms with Crippen molar-refractivity contribution in [1.82, 2.24) is 15.3 Å². The van der Waals surface area contributed by atoms with Gasteiger partial charge in [-0.05, 0) is 55.0 Å². The van der Waals surface area contributed by atoms with Gasteiger partial charge in [-0.25, -0.2) is 10.4 Å². The number of nitrogens with zero attached hydrogens (tertiary/aromatic N) is 4. The van der Waals surface area contributed by atoms with Gasteiger partial charge < -0.3 is 9.80 Å². The molecule has 6 nitrogen and oxygen atoms in total. The Morgan fingerprint density at radius 3 is 2.32 bits per heavy atom. The molecule has 1 atom stereocenters. The number of nitrogens with one attached hydrogen (secondary N) is 1. The van der Waals surface area contributed by atoms with E-state index in [0.29, 0.717) is 53.7 Å². The second-order valence-corrected chi connectivity index (χ2v) is 9.39. The van der Waals surface area contributed by atoms with Gasteiger partial charge in [-0.15, -0.1) is 0 Å². The van der Waals surface area contributed by atoms with E-state index >= 15 is 0 Å². The largest absolute Gasteiger partial charge is 0.409 e. The highest BCUT2D eigenvalue weighted by Crippen LogP contribution is 2.37. The van der Waals surface area contributed by atoms with E-state index in [1.807, 2.05) is 25.1 Å². The van der Waals surface area contributed by atoms with Gasteiger partial charge in [0.1, 0.15) is 11.9 Å². The highest BCUT2D eigenvalue weighted by molar-refractivity contribution is 6.33. The molecular weight excluding hydrogens is 503 g/mol. The highest BCUT2D eigenvalue weighted by atomic mass is 35.5. The number of pyridine rings is 1. The van der Waals surface area contributed by atoms with Gasteiger partial charge in [-0.3, -0.25) is 9.80 Å². The summed E-state index contributed by atoms with van der Waals surface area (Å²) in [5.41, 5.74) is 5.17. The first-order valence-electron chi connectivity index (χ1n) is 11.9. The molecule has 0 aliphatic carbocycles. The van der Waals surface area contributed by atoms with Crippen molar-refractivity contribution in [2.45, 2.75) is 19.1 Å². The number of anilines is 2. The van der Waals surface area contributed by atoms with Crippen LogP contribution >= 0.6 is 11.6 Å². The third-order valence-corrected chi connectivity index (χ3v) is 6.79. The summed E-state index contributed by atoms with van der Waals surface area (Å²) in [6.45, 7) is 4.40. The molecule has 1 N–H and O–H groups in total. The van der Waals surface area contributed by atoms with Gasteiger partial charge in [-0.1, -0.05) is 41.9 Å². The minimum Gasteiger partial charge on any atom is -0.353 e. The summed E-state index contributed by atoms with van der Waals surface area (Å²) in [7, 11) is 0. The number of carbonyl (C=O) groups excluding carboxylic acids is 1. The Morgan fingerprint density at radius 1 is 0.973 bits per heavy atom. The molecule has 2 aliphatic rings. The van der Waals surface area contributed by atoms with Crippen LogP contribution in [0.2, 0.25) is 5.02 Å². The first-order chi connectivity index (χ1) is 17.7. The van der Waals surface area contributed by atoms with E-state index in [0.717, 1.165) is 17.6 Å². The number of hydrogen-bond acceptors (Lipinski definition) is 5. The lowest BCUT2D eigenvalue weighted by Gasteiger charge is -2.35. The molecule has 0 saturated carbocycles. The van der Waals surface area contributed by atoms with Crippen LogP contribution in [0.25, 0.3) is 5.70 Å². The van der Waals surface area contributed by atoms with Gasteiger partial charge in [0.15, 0.2) is 0 Å². The van der Waals surface area contributed by atoms with Gasteiger partial charge in [0.05, 0.1) is 16.4 Å². The Bertz CT molecular complexity index is 1320. The van der Waals surface area contributed by atoms with Crippen molar-refractivity contribution in [1.29, 1.82) is 0 Å². The summed E-state index contributed by atoms with van der Waals surface area (Å²) < 4.78 is 40.6.